The third-order valence-electron chi connectivity index (χ3n) is 12.8. The molecule has 0 fully saturated rings. The molecule has 0 radical (unpaired) electrons. The van der Waals surface area contributed by atoms with Gasteiger partial charge in [-0.3, -0.25) is 4.57 Å². The van der Waals surface area contributed by atoms with Gasteiger partial charge in [0, 0.05) is 60.1 Å². The Kier molecular flexibility index (Phi) is 6.69. The van der Waals surface area contributed by atoms with Crippen molar-refractivity contribution in [1.29, 1.82) is 0 Å². The summed E-state index contributed by atoms with van der Waals surface area (Å²) < 4.78 is 10.9. The van der Waals surface area contributed by atoms with Crippen LogP contribution in [0.4, 0.5) is 0 Å². The maximum absolute atomic E-state index is 6.34. The van der Waals surface area contributed by atoms with Crippen molar-refractivity contribution in [2.24, 2.45) is 0 Å². The van der Waals surface area contributed by atoms with Gasteiger partial charge in [0.1, 0.15) is 11.2 Å². The molecule has 1 aliphatic rings. The van der Waals surface area contributed by atoms with Crippen LogP contribution >= 0.6 is 0 Å². The lowest BCUT2D eigenvalue weighted by molar-refractivity contribution is 0.661. The molecule has 6 heteroatoms. The highest BCUT2D eigenvalue weighted by Crippen LogP contribution is 2.53. The minimum atomic E-state index is -0.106. The first-order chi connectivity index (χ1) is 29.5. The summed E-state index contributed by atoms with van der Waals surface area (Å²) in [4.78, 5) is 15.7. The van der Waals surface area contributed by atoms with E-state index in [9.17, 15) is 0 Å². The van der Waals surface area contributed by atoms with Gasteiger partial charge in [0.25, 0.3) is 0 Å². The first-order valence-corrected chi connectivity index (χ1v) is 20.4. The van der Waals surface area contributed by atoms with Gasteiger partial charge in [-0.1, -0.05) is 129 Å². The topological polar surface area (TPSA) is 61.7 Å². The normalized spacial score (nSPS) is 13.3. The Balaban J connectivity index is 1.02. The monoisotopic (exact) mass is 769 g/mol. The van der Waals surface area contributed by atoms with E-state index in [2.05, 4.69) is 175 Å². The quantitative estimate of drug-likeness (QED) is 0.179. The van der Waals surface area contributed by atoms with Crippen LogP contribution in [0, 0.1) is 0 Å². The first-order valence-electron chi connectivity index (χ1n) is 20.4. The second kappa shape index (κ2) is 12.1. The van der Waals surface area contributed by atoms with Gasteiger partial charge in [0.05, 0.1) is 22.1 Å². The summed E-state index contributed by atoms with van der Waals surface area (Å²) in [5.41, 5.74) is 14.2. The van der Waals surface area contributed by atoms with E-state index in [0.29, 0.717) is 17.6 Å². The molecule has 12 aromatic rings. The second-order valence-corrected chi connectivity index (χ2v) is 16.4. The molecule has 0 atom stereocenters. The van der Waals surface area contributed by atoms with Crippen LogP contribution in [0.25, 0.3) is 111 Å². The van der Waals surface area contributed by atoms with Gasteiger partial charge in [0.2, 0.25) is 5.95 Å². The number of furan rings is 1. The molecule has 8 aromatic carbocycles. The SMILES string of the molecule is CC1(C)c2ccccc2-c2c1ccc1c3ccccc3n(-c3ccc(-c4nc(-c5ccc6c(c5)oc5ccccc56)nc(-n5c6ccccc6c6ccccc65)n4)cc3)c21. The van der Waals surface area contributed by atoms with E-state index in [0.717, 1.165) is 60.6 Å². The fourth-order valence-electron chi connectivity index (χ4n) is 10.00. The van der Waals surface area contributed by atoms with E-state index in [1.807, 2.05) is 24.3 Å². The van der Waals surface area contributed by atoms with E-state index < -0.39 is 0 Å². The average molecular weight is 770 g/mol. The van der Waals surface area contributed by atoms with Crippen LogP contribution in [0.5, 0.6) is 0 Å². The average Bonchev–Trinajstić information content (AvgIpc) is 4.01. The molecule has 0 amide bonds. The molecule has 0 aliphatic heterocycles. The van der Waals surface area contributed by atoms with Crippen molar-refractivity contribution in [3.63, 3.8) is 0 Å². The van der Waals surface area contributed by atoms with E-state index in [-0.39, 0.29) is 5.41 Å². The van der Waals surface area contributed by atoms with Crippen LogP contribution in [0.15, 0.2) is 180 Å². The molecular weight excluding hydrogens is 735 g/mol. The Morgan fingerprint density at radius 2 is 0.983 bits per heavy atom. The number of hydrogen-bond donors (Lipinski definition) is 0. The molecule has 4 heterocycles. The molecule has 0 spiro atoms. The van der Waals surface area contributed by atoms with Crippen molar-refractivity contribution in [2.75, 3.05) is 0 Å². The summed E-state index contributed by atoms with van der Waals surface area (Å²) in [5.74, 6) is 1.72. The van der Waals surface area contributed by atoms with Crippen LogP contribution in [-0.4, -0.2) is 24.1 Å². The van der Waals surface area contributed by atoms with Gasteiger partial charge in [-0.2, -0.15) is 9.97 Å². The Morgan fingerprint density at radius 3 is 1.72 bits per heavy atom. The molecule has 0 bridgehead atoms. The molecule has 282 valence electrons. The van der Waals surface area contributed by atoms with Gasteiger partial charge in [-0.05, 0) is 77.4 Å². The number of rotatable bonds is 4. The number of nitrogens with zero attached hydrogens (tertiary/aromatic N) is 5. The van der Waals surface area contributed by atoms with Gasteiger partial charge in [-0.25, -0.2) is 4.98 Å². The molecule has 0 N–H and O–H groups in total. The molecule has 4 aromatic heterocycles. The molecule has 0 unspecified atom stereocenters. The van der Waals surface area contributed by atoms with Crippen LogP contribution in [0.1, 0.15) is 25.0 Å². The Morgan fingerprint density at radius 1 is 0.433 bits per heavy atom. The second-order valence-electron chi connectivity index (χ2n) is 16.4. The summed E-state index contributed by atoms with van der Waals surface area (Å²) in [6.07, 6.45) is 0. The molecule has 6 nitrogen and oxygen atoms in total. The number of benzene rings is 8. The molecule has 0 saturated carbocycles. The fraction of sp³-hybridized carbons (Fsp3) is 0.0556. The summed E-state index contributed by atoms with van der Waals surface area (Å²) in [5, 5.41) is 6.93. The van der Waals surface area contributed by atoms with Gasteiger partial charge >= 0.3 is 0 Å². The van der Waals surface area contributed by atoms with Crippen LogP contribution < -0.4 is 0 Å². The first kappa shape index (κ1) is 33.2. The molecular formula is C54H35N5O. The Hall–Kier alpha value is -7.83. The largest absolute Gasteiger partial charge is 0.456 e. The number of para-hydroxylation sites is 4. The number of hydrogen-bond acceptors (Lipinski definition) is 4. The van der Waals surface area contributed by atoms with Crippen molar-refractivity contribution >= 4 is 65.6 Å². The predicted octanol–water partition coefficient (Wildman–Crippen LogP) is 13.6. The zero-order valence-electron chi connectivity index (χ0n) is 32.9. The Labute approximate surface area is 344 Å². The zero-order valence-corrected chi connectivity index (χ0v) is 32.9. The third-order valence-corrected chi connectivity index (χ3v) is 12.8. The van der Waals surface area contributed by atoms with E-state index in [4.69, 9.17) is 19.4 Å². The summed E-state index contributed by atoms with van der Waals surface area (Å²) in [7, 11) is 0. The van der Waals surface area contributed by atoms with Crippen molar-refractivity contribution in [1.82, 2.24) is 24.1 Å². The van der Waals surface area contributed by atoms with Crippen molar-refractivity contribution in [3.8, 4) is 45.5 Å². The zero-order chi connectivity index (χ0) is 39.7. The molecule has 1 aliphatic carbocycles. The highest BCUT2D eigenvalue weighted by molar-refractivity contribution is 6.16. The number of aromatic nitrogens is 5. The molecule has 0 saturated heterocycles. The van der Waals surface area contributed by atoms with Crippen LogP contribution in [-0.2, 0) is 5.41 Å². The van der Waals surface area contributed by atoms with Gasteiger partial charge < -0.3 is 8.98 Å². The standard InChI is InChI=1S/C54H35N5O/c1-54(2)42-18-8-3-17-41(42)49-43(54)30-29-40-37-15-6-9-19-44(37)58(50(40)49)34-26-23-32(24-27-34)51-55-52(33-25-28-39-38-16-7-12-22-47(38)60-48(39)31-33)57-53(56-51)59-45-20-10-4-13-35(45)36-14-5-11-21-46(36)59/h3-31H,1-2H3. The van der Waals surface area contributed by atoms with E-state index in [1.54, 1.807) is 0 Å². The van der Waals surface area contributed by atoms with Crippen LogP contribution in [0.2, 0.25) is 0 Å². The lowest BCUT2D eigenvalue weighted by Gasteiger charge is -2.21. The molecule has 13 rings (SSSR count). The number of fused-ring (bicyclic) bond motifs is 13. The van der Waals surface area contributed by atoms with Gasteiger partial charge in [-0.15, -0.1) is 0 Å². The van der Waals surface area contributed by atoms with Crippen molar-refractivity contribution < 1.29 is 4.42 Å². The Bertz CT molecular complexity index is 3700. The maximum atomic E-state index is 6.34. The predicted molar refractivity (Wildman–Crippen MR) is 244 cm³/mol. The fourth-order valence-corrected chi connectivity index (χ4v) is 10.00. The summed E-state index contributed by atoms with van der Waals surface area (Å²) in [6.45, 7) is 4.69. The van der Waals surface area contributed by atoms with Crippen molar-refractivity contribution in [3.05, 3.63) is 187 Å². The summed E-state index contributed by atoms with van der Waals surface area (Å²) in [6, 6.07) is 62.3. The van der Waals surface area contributed by atoms with Crippen LogP contribution in [0.3, 0.4) is 0 Å². The highest BCUT2D eigenvalue weighted by atomic mass is 16.3. The summed E-state index contributed by atoms with van der Waals surface area (Å²) >= 11 is 0. The van der Waals surface area contributed by atoms with Crippen molar-refractivity contribution in [2.45, 2.75) is 19.3 Å². The van der Waals surface area contributed by atoms with E-state index >= 15 is 0 Å². The third kappa shape index (κ3) is 4.56. The van der Waals surface area contributed by atoms with Gasteiger partial charge in [0.15, 0.2) is 11.6 Å². The maximum Gasteiger partial charge on any atom is 0.238 e. The highest BCUT2D eigenvalue weighted by Gasteiger charge is 2.37. The minimum absolute atomic E-state index is 0.106. The van der Waals surface area contributed by atoms with E-state index in [1.165, 1.54) is 44.1 Å². The molecule has 60 heavy (non-hydrogen) atoms. The lowest BCUT2D eigenvalue weighted by Crippen LogP contribution is -2.14. The minimum Gasteiger partial charge on any atom is -0.456 e. The lowest BCUT2D eigenvalue weighted by atomic mass is 9.82. The smallest absolute Gasteiger partial charge is 0.238 e.